The van der Waals surface area contributed by atoms with Gasteiger partial charge in [-0.25, -0.2) is 4.98 Å². The van der Waals surface area contributed by atoms with Crippen LogP contribution in [0.1, 0.15) is 23.8 Å². The molecule has 2 aromatic rings. The van der Waals surface area contributed by atoms with Crippen molar-refractivity contribution in [2.24, 2.45) is 0 Å². The molecule has 106 valence electrons. The van der Waals surface area contributed by atoms with E-state index in [2.05, 4.69) is 10.3 Å². The average Bonchev–Trinajstić information content (AvgIpc) is 2.83. The molecule has 6 heteroatoms. The molecule has 0 aromatic carbocycles. The lowest BCUT2D eigenvalue weighted by molar-refractivity contribution is -0.119. The molecular weight excluding hydrogens is 256 g/mol. The third-order valence-electron chi connectivity index (χ3n) is 2.97. The maximum absolute atomic E-state index is 11.7. The number of nitrogens with zero attached hydrogens (tertiary/aromatic N) is 3. The predicted molar refractivity (Wildman–Crippen MR) is 77.2 cm³/mol. The standard InChI is InChI=1S/C14H18N4O2/c1-3-7-15-13(20)9-17(2)14-11(10-19)18-8-5-4-6-12(18)16-14/h4-6,8,10H,3,7,9H2,1-2H3,(H,15,20). The fourth-order valence-corrected chi connectivity index (χ4v) is 2.00. The molecule has 2 aromatic heterocycles. The van der Waals surface area contributed by atoms with E-state index in [1.165, 1.54) is 0 Å². The van der Waals surface area contributed by atoms with E-state index in [1.807, 2.05) is 25.1 Å². The number of rotatable bonds is 6. The quantitative estimate of drug-likeness (QED) is 0.801. The second-order valence-corrected chi connectivity index (χ2v) is 4.57. The van der Waals surface area contributed by atoms with Gasteiger partial charge in [-0.1, -0.05) is 13.0 Å². The Labute approximate surface area is 117 Å². The first kappa shape index (κ1) is 14.0. The molecule has 0 unspecified atom stereocenters. The summed E-state index contributed by atoms with van der Waals surface area (Å²) >= 11 is 0. The lowest BCUT2D eigenvalue weighted by Crippen LogP contribution is -2.36. The first-order chi connectivity index (χ1) is 9.67. The second kappa shape index (κ2) is 6.18. The fraction of sp³-hybridized carbons (Fsp3) is 0.357. The average molecular weight is 274 g/mol. The zero-order valence-electron chi connectivity index (χ0n) is 11.7. The van der Waals surface area contributed by atoms with E-state index in [0.29, 0.717) is 23.7 Å². The largest absolute Gasteiger partial charge is 0.355 e. The fourth-order valence-electron chi connectivity index (χ4n) is 2.00. The van der Waals surface area contributed by atoms with Crippen LogP contribution in [0.4, 0.5) is 5.82 Å². The van der Waals surface area contributed by atoms with Crippen LogP contribution in [0.2, 0.25) is 0 Å². The summed E-state index contributed by atoms with van der Waals surface area (Å²) < 4.78 is 1.71. The Balaban J connectivity index is 2.23. The SMILES string of the molecule is CCCNC(=O)CN(C)c1nc2ccccn2c1C=O. The van der Waals surface area contributed by atoms with Crippen molar-refractivity contribution in [2.75, 3.05) is 25.0 Å². The number of aromatic nitrogens is 2. The van der Waals surface area contributed by atoms with Crippen molar-refractivity contribution in [1.29, 1.82) is 0 Å². The Morgan fingerprint density at radius 3 is 3.00 bits per heavy atom. The van der Waals surface area contributed by atoms with Gasteiger partial charge in [0, 0.05) is 19.8 Å². The Hall–Kier alpha value is -2.37. The summed E-state index contributed by atoms with van der Waals surface area (Å²) in [6.45, 7) is 2.82. The number of anilines is 1. The predicted octanol–water partition coefficient (Wildman–Crippen LogP) is 1.11. The molecule has 0 saturated carbocycles. The highest BCUT2D eigenvalue weighted by Crippen LogP contribution is 2.18. The van der Waals surface area contributed by atoms with E-state index in [0.717, 1.165) is 12.7 Å². The van der Waals surface area contributed by atoms with Gasteiger partial charge < -0.3 is 10.2 Å². The van der Waals surface area contributed by atoms with Crippen LogP contribution in [0.5, 0.6) is 0 Å². The van der Waals surface area contributed by atoms with Crippen molar-refractivity contribution < 1.29 is 9.59 Å². The molecular formula is C14H18N4O2. The first-order valence-corrected chi connectivity index (χ1v) is 6.57. The molecule has 1 N–H and O–H groups in total. The van der Waals surface area contributed by atoms with Gasteiger partial charge in [-0.2, -0.15) is 0 Å². The molecule has 2 rings (SSSR count). The molecule has 0 aliphatic carbocycles. The first-order valence-electron chi connectivity index (χ1n) is 6.57. The number of imidazole rings is 1. The van der Waals surface area contributed by atoms with Crippen LogP contribution in [-0.2, 0) is 4.79 Å². The molecule has 0 aliphatic heterocycles. The molecule has 0 bridgehead atoms. The number of carbonyl (C=O) groups is 2. The third kappa shape index (κ3) is 2.79. The number of nitrogens with one attached hydrogen (secondary N) is 1. The monoisotopic (exact) mass is 274 g/mol. The highest BCUT2D eigenvalue weighted by molar-refractivity contribution is 5.86. The van der Waals surface area contributed by atoms with Gasteiger partial charge in [0.15, 0.2) is 12.1 Å². The minimum atomic E-state index is -0.0803. The number of pyridine rings is 1. The van der Waals surface area contributed by atoms with Gasteiger partial charge in [0.25, 0.3) is 0 Å². The molecule has 1 amide bonds. The molecule has 2 heterocycles. The van der Waals surface area contributed by atoms with Crippen molar-refractivity contribution in [3.63, 3.8) is 0 Å². The Bertz CT molecular complexity index is 621. The van der Waals surface area contributed by atoms with Gasteiger partial charge in [-0.15, -0.1) is 0 Å². The van der Waals surface area contributed by atoms with E-state index >= 15 is 0 Å². The van der Waals surface area contributed by atoms with Crippen LogP contribution in [0.3, 0.4) is 0 Å². The van der Waals surface area contributed by atoms with E-state index < -0.39 is 0 Å². The second-order valence-electron chi connectivity index (χ2n) is 4.57. The highest BCUT2D eigenvalue weighted by atomic mass is 16.2. The molecule has 0 spiro atoms. The minimum absolute atomic E-state index is 0.0803. The van der Waals surface area contributed by atoms with Crippen molar-refractivity contribution in [3.8, 4) is 0 Å². The van der Waals surface area contributed by atoms with Crippen LogP contribution in [0.15, 0.2) is 24.4 Å². The van der Waals surface area contributed by atoms with Gasteiger partial charge in [0.05, 0.1) is 6.54 Å². The minimum Gasteiger partial charge on any atom is -0.355 e. The molecule has 0 atom stereocenters. The molecule has 0 radical (unpaired) electrons. The van der Waals surface area contributed by atoms with Gasteiger partial charge in [0.1, 0.15) is 11.3 Å². The van der Waals surface area contributed by atoms with Gasteiger partial charge in [-0.3, -0.25) is 14.0 Å². The number of aldehydes is 1. The highest BCUT2D eigenvalue weighted by Gasteiger charge is 2.16. The summed E-state index contributed by atoms with van der Waals surface area (Å²) in [6, 6.07) is 5.51. The summed E-state index contributed by atoms with van der Waals surface area (Å²) in [5.41, 5.74) is 1.14. The number of fused-ring (bicyclic) bond motifs is 1. The summed E-state index contributed by atoms with van der Waals surface area (Å²) in [4.78, 5) is 29.1. The zero-order chi connectivity index (χ0) is 14.5. The smallest absolute Gasteiger partial charge is 0.239 e. The summed E-state index contributed by atoms with van der Waals surface area (Å²) in [5, 5.41) is 2.80. The van der Waals surface area contributed by atoms with Crippen LogP contribution >= 0.6 is 0 Å². The van der Waals surface area contributed by atoms with Gasteiger partial charge in [-0.05, 0) is 18.6 Å². The van der Waals surface area contributed by atoms with E-state index in [4.69, 9.17) is 0 Å². The maximum atomic E-state index is 11.7. The van der Waals surface area contributed by atoms with Crippen LogP contribution in [0.25, 0.3) is 5.65 Å². The lowest BCUT2D eigenvalue weighted by atomic mass is 10.4. The van der Waals surface area contributed by atoms with E-state index in [1.54, 1.807) is 22.5 Å². The molecule has 20 heavy (non-hydrogen) atoms. The molecule has 0 fully saturated rings. The van der Waals surface area contributed by atoms with Crippen molar-refractivity contribution in [3.05, 3.63) is 30.1 Å². The van der Waals surface area contributed by atoms with Crippen LogP contribution < -0.4 is 10.2 Å². The maximum Gasteiger partial charge on any atom is 0.239 e. The number of hydrogen-bond donors (Lipinski definition) is 1. The molecule has 0 saturated heterocycles. The van der Waals surface area contributed by atoms with Crippen LogP contribution in [0, 0.1) is 0 Å². The Morgan fingerprint density at radius 2 is 2.30 bits per heavy atom. The number of likely N-dealkylation sites (N-methyl/N-ethyl adjacent to an activating group) is 1. The van der Waals surface area contributed by atoms with Crippen LogP contribution in [-0.4, -0.2) is 41.7 Å². The van der Waals surface area contributed by atoms with E-state index in [-0.39, 0.29) is 12.5 Å². The number of hydrogen-bond acceptors (Lipinski definition) is 4. The van der Waals surface area contributed by atoms with Gasteiger partial charge >= 0.3 is 0 Å². The van der Waals surface area contributed by atoms with Crippen molar-refractivity contribution >= 4 is 23.7 Å². The lowest BCUT2D eigenvalue weighted by Gasteiger charge is -2.16. The molecule has 6 nitrogen and oxygen atoms in total. The van der Waals surface area contributed by atoms with Gasteiger partial charge in [0.2, 0.25) is 5.91 Å². The van der Waals surface area contributed by atoms with Crippen molar-refractivity contribution in [1.82, 2.24) is 14.7 Å². The summed E-state index contributed by atoms with van der Waals surface area (Å²) in [7, 11) is 1.75. The molecule has 0 aliphatic rings. The number of carbonyl (C=O) groups excluding carboxylic acids is 2. The third-order valence-corrected chi connectivity index (χ3v) is 2.97. The summed E-state index contributed by atoms with van der Waals surface area (Å²) in [5.74, 6) is 0.432. The topological polar surface area (TPSA) is 66.7 Å². The van der Waals surface area contributed by atoms with E-state index in [9.17, 15) is 9.59 Å². The Morgan fingerprint density at radius 1 is 1.50 bits per heavy atom. The summed E-state index contributed by atoms with van der Waals surface area (Å²) in [6.07, 6.45) is 3.43. The van der Waals surface area contributed by atoms with Crippen molar-refractivity contribution in [2.45, 2.75) is 13.3 Å². The normalized spacial score (nSPS) is 10.5. The Kier molecular flexibility index (Phi) is 4.34. The zero-order valence-corrected chi connectivity index (χ0v) is 11.7. The number of amides is 1.